The van der Waals surface area contributed by atoms with Crippen molar-refractivity contribution in [2.24, 2.45) is 4.99 Å². The van der Waals surface area contributed by atoms with Gasteiger partial charge in [-0.3, -0.25) is 4.99 Å². The number of nitrogens with zero attached hydrogens (tertiary/aromatic N) is 3. The normalized spacial score (nSPS) is 12.8. The van der Waals surface area contributed by atoms with E-state index < -0.39 is 0 Å². The van der Waals surface area contributed by atoms with Crippen LogP contribution in [0.15, 0.2) is 41.9 Å². The summed E-state index contributed by atoms with van der Waals surface area (Å²) < 4.78 is 5.53. The second kappa shape index (κ2) is 11.5. The lowest BCUT2D eigenvalue weighted by molar-refractivity contribution is 0.294. The molecule has 0 heterocycles. The molecule has 1 unspecified atom stereocenters. The third-order valence-electron chi connectivity index (χ3n) is 4.13. The minimum absolute atomic E-state index is 0.159. The highest BCUT2D eigenvalue weighted by Gasteiger charge is 2.18. The van der Waals surface area contributed by atoms with Crippen LogP contribution in [-0.4, -0.2) is 63.6 Å². The van der Waals surface area contributed by atoms with E-state index in [2.05, 4.69) is 55.8 Å². The molecule has 5 nitrogen and oxygen atoms in total. The molecule has 1 atom stereocenters. The van der Waals surface area contributed by atoms with Gasteiger partial charge in [-0.15, -0.1) is 6.58 Å². The van der Waals surface area contributed by atoms with Crippen LogP contribution in [0.1, 0.15) is 31.4 Å². The fourth-order valence-corrected chi connectivity index (χ4v) is 2.70. The predicted octanol–water partition coefficient (Wildman–Crippen LogP) is 3.16. The third-order valence-corrected chi connectivity index (χ3v) is 4.13. The Labute approximate surface area is 153 Å². The number of nitrogens with one attached hydrogen (secondary N) is 1. The Hall–Kier alpha value is -2.01. The summed E-state index contributed by atoms with van der Waals surface area (Å²) in [4.78, 5) is 9.24. The van der Waals surface area contributed by atoms with Gasteiger partial charge in [-0.05, 0) is 39.9 Å². The third kappa shape index (κ3) is 6.78. The largest absolute Gasteiger partial charge is 0.496 e. The number of methoxy groups -OCH3 is 1. The zero-order valence-corrected chi connectivity index (χ0v) is 16.5. The zero-order chi connectivity index (χ0) is 18.7. The quantitative estimate of drug-likeness (QED) is 0.306. The van der Waals surface area contributed by atoms with Gasteiger partial charge in [0.15, 0.2) is 5.96 Å². The van der Waals surface area contributed by atoms with Crippen molar-refractivity contribution in [1.82, 2.24) is 15.1 Å². The van der Waals surface area contributed by atoms with Gasteiger partial charge in [0.2, 0.25) is 0 Å². The average molecular weight is 347 g/mol. The average Bonchev–Trinajstić information content (AvgIpc) is 2.61. The van der Waals surface area contributed by atoms with E-state index in [0.717, 1.165) is 43.2 Å². The molecule has 140 valence electrons. The molecule has 0 fully saturated rings. The van der Waals surface area contributed by atoms with E-state index in [4.69, 9.17) is 9.73 Å². The van der Waals surface area contributed by atoms with Gasteiger partial charge in [-0.1, -0.05) is 24.3 Å². The highest BCUT2D eigenvalue weighted by atomic mass is 16.5. The van der Waals surface area contributed by atoms with Gasteiger partial charge >= 0.3 is 0 Å². The van der Waals surface area contributed by atoms with Gasteiger partial charge in [-0.25, -0.2) is 0 Å². The number of unbranched alkanes of at least 4 members (excludes halogenated alkanes) is 1. The van der Waals surface area contributed by atoms with E-state index in [1.165, 1.54) is 0 Å². The van der Waals surface area contributed by atoms with Crippen molar-refractivity contribution in [2.45, 2.75) is 25.8 Å². The number of hydrogen-bond acceptors (Lipinski definition) is 3. The first-order valence-corrected chi connectivity index (χ1v) is 8.94. The summed E-state index contributed by atoms with van der Waals surface area (Å²) >= 11 is 0. The predicted molar refractivity (Wildman–Crippen MR) is 107 cm³/mol. The van der Waals surface area contributed by atoms with Crippen molar-refractivity contribution >= 4 is 5.96 Å². The summed E-state index contributed by atoms with van der Waals surface area (Å²) in [5, 5.41) is 3.38. The Morgan fingerprint density at radius 2 is 2.04 bits per heavy atom. The number of hydrogen-bond donors (Lipinski definition) is 1. The molecular formula is C20H34N4O. The van der Waals surface area contributed by atoms with Crippen molar-refractivity contribution in [3.8, 4) is 5.75 Å². The van der Waals surface area contributed by atoms with E-state index in [-0.39, 0.29) is 6.04 Å². The van der Waals surface area contributed by atoms with E-state index in [1.54, 1.807) is 7.11 Å². The molecule has 0 bridgehead atoms. The summed E-state index contributed by atoms with van der Waals surface area (Å²) in [6, 6.07) is 8.31. The molecule has 25 heavy (non-hydrogen) atoms. The molecule has 1 aromatic carbocycles. The maximum atomic E-state index is 5.53. The number of allylic oxidation sites excluding steroid dienone is 1. The Morgan fingerprint density at radius 3 is 2.64 bits per heavy atom. The maximum absolute atomic E-state index is 5.53. The van der Waals surface area contributed by atoms with Crippen LogP contribution in [0.5, 0.6) is 5.75 Å². The van der Waals surface area contributed by atoms with Crippen molar-refractivity contribution in [1.29, 1.82) is 0 Å². The molecule has 0 amide bonds. The number of ether oxygens (including phenoxy) is 1. The molecule has 0 spiro atoms. The monoisotopic (exact) mass is 346 g/mol. The molecule has 0 saturated carbocycles. The Morgan fingerprint density at radius 1 is 1.32 bits per heavy atom. The summed E-state index contributed by atoms with van der Waals surface area (Å²) in [5.41, 5.74) is 1.16. The molecule has 1 aromatic rings. The van der Waals surface area contributed by atoms with E-state index >= 15 is 0 Å². The molecule has 0 aliphatic heterocycles. The summed E-state index contributed by atoms with van der Waals surface area (Å²) in [5.74, 6) is 1.84. The van der Waals surface area contributed by atoms with Crippen LogP contribution >= 0.6 is 0 Å². The SMILES string of the molecule is C=CCCCN(C)C(=NCC(c1ccccc1OC)N(C)C)NCC. The van der Waals surface area contributed by atoms with Crippen LogP contribution in [0.3, 0.4) is 0 Å². The van der Waals surface area contributed by atoms with Gasteiger partial charge < -0.3 is 19.9 Å². The fraction of sp³-hybridized carbons (Fsp3) is 0.550. The number of para-hydroxylation sites is 1. The van der Waals surface area contributed by atoms with Crippen LogP contribution in [0.4, 0.5) is 0 Å². The molecular weight excluding hydrogens is 312 g/mol. The second-order valence-electron chi connectivity index (χ2n) is 6.27. The summed E-state index contributed by atoms with van der Waals surface area (Å²) in [7, 11) is 7.95. The number of rotatable bonds is 10. The number of aliphatic imine (C=N–C) groups is 1. The number of guanidine groups is 1. The summed E-state index contributed by atoms with van der Waals surface area (Å²) in [6.45, 7) is 8.36. The van der Waals surface area contributed by atoms with E-state index in [1.807, 2.05) is 24.3 Å². The molecule has 0 aromatic heterocycles. The van der Waals surface area contributed by atoms with Crippen molar-refractivity contribution in [2.75, 3.05) is 47.9 Å². The van der Waals surface area contributed by atoms with Crippen molar-refractivity contribution in [3.05, 3.63) is 42.5 Å². The Kier molecular flexibility index (Phi) is 9.70. The van der Waals surface area contributed by atoms with Gasteiger partial charge in [0.1, 0.15) is 5.75 Å². The number of likely N-dealkylation sites (N-methyl/N-ethyl adjacent to an activating group) is 1. The molecule has 0 radical (unpaired) electrons. The van der Waals surface area contributed by atoms with E-state index in [0.29, 0.717) is 6.54 Å². The van der Waals surface area contributed by atoms with Gasteiger partial charge in [0, 0.05) is 25.7 Å². The molecule has 0 aliphatic carbocycles. The first-order valence-electron chi connectivity index (χ1n) is 8.94. The highest BCUT2D eigenvalue weighted by Crippen LogP contribution is 2.28. The maximum Gasteiger partial charge on any atom is 0.193 e. The fourth-order valence-electron chi connectivity index (χ4n) is 2.70. The van der Waals surface area contributed by atoms with Crippen LogP contribution in [0, 0.1) is 0 Å². The molecule has 0 aliphatic rings. The topological polar surface area (TPSA) is 40.1 Å². The molecule has 1 N–H and O–H groups in total. The van der Waals surface area contributed by atoms with Gasteiger partial charge in [-0.2, -0.15) is 0 Å². The van der Waals surface area contributed by atoms with Crippen LogP contribution in [-0.2, 0) is 0 Å². The minimum Gasteiger partial charge on any atom is -0.496 e. The van der Waals surface area contributed by atoms with Gasteiger partial charge in [0.25, 0.3) is 0 Å². The van der Waals surface area contributed by atoms with Crippen LogP contribution in [0.2, 0.25) is 0 Å². The van der Waals surface area contributed by atoms with Gasteiger partial charge in [0.05, 0.1) is 19.7 Å². The molecule has 1 rings (SSSR count). The zero-order valence-electron chi connectivity index (χ0n) is 16.5. The second-order valence-corrected chi connectivity index (χ2v) is 6.27. The first kappa shape index (κ1) is 21.0. The highest BCUT2D eigenvalue weighted by molar-refractivity contribution is 5.79. The van der Waals surface area contributed by atoms with E-state index in [9.17, 15) is 0 Å². The summed E-state index contributed by atoms with van der Waals surface area (Å²) in [6.07, 6.45) is 4.06. The minimum atomic E-state index is 0.159. The van der Waals surface area contributed by atoms with Crippen molar-refractivity contribution < 1.29 is 4.74 Å². The lowest BCUT2D eigenvalue weighted by Gasteiger charge is -2.27. The molecule has 0 saturated heterocycles. The lowest BCUT2D eigenvalue weighted by atomic mass is 10.0. The lowest BCUT2D eigenvalue weighted by Crippen LogP contribution is -2.40. The molecule has 5 heteroatoms. The first-order chi connectivity index (χ1) is 12.0. The smallest absolute Gasteiger partial charge is 0.193 e. The number of benzene rings is 1. The van der Waals surface area contributed by atoms with Crippen LogP contribution < -0.4 is 10.1 Å². The van der Waals surface area contributed by atoms with Crippen molar-refractivity contribution in [3.63, 3.8) is 0 Å². The Bertz CT molecular complexity index is 542. The van der Waals surface area contributed by atoms with Crippen LogP contribution in [0.25, 0.3) is 0 Å². The Balaban J connectivity index is 2.93. The standard InChI is InChI=1S/C20H34N4O/c1-7-9-12-15-24(5)20(21-8-2)22-16-18(23(3)4)17-13-10-11-14-19(17)25-6/h7,10-11,13-14,18H,1,8-9,12,15-16H2,2-6H3,(H,21,22).